The Morgan fingerprint density at radius 3 is 3.05 bits per heavy atom. The molecule has 1 N–H and O–H groups in total. The zero-order valence-electron chi connectivity index (χ0n) is 11.5. The maximum atomic E-state index is 13.7. The second-order valence-corrected chi connectivity index (χ2v) is 5.14. The van der Waals surface area contributed by atoms with Crippen molar-refractivity contribution >= 4 is 18.4 Å². The molecular formula is C15H13BFNO3. The van der Waals surface area contributed by atoms with E-state index in [4.69, 9.17) is 4.65 Å². The molecule has 0 radical (unpaired) electrons. The van der Waals surface area contributed by atoms with Crippen LogP contribution < -0.4 is 5.46 Å². The van der Waals surface area contributed by atoms with E-state index in [2.05, 4.69) is 4.98 Å². The third-order valence-corrected chi connectivity index (χ3v) is 3.48. The molecule has 0 fully saturated rings. The van der Waals surface area contributed by atoms with Crippen molar-refractivity contribution in [2.45, 2.75) is 20.0 Å². The van der Waals surface area contributed by atoms with Gasteiger partial charge in [0, 0.05) is 12.6 Å². The maximum absolute atomic E-state index is 13.7. The van der Waals surface area contributed by atoms with Gasteiger partial charge < -0.3 is 9.68 Å². The van der Waals surface area contributed by atoms with Crippen LogP contribution in [0.25, 0.3) is 0 Å². The van der Waals surface area contributed by atoms with Crippen LogP contribution in [-0.2, 0) is 17.7 Å². The molecule has 4 nitrogen and oxygen atoms in total. The van der Waals surface area contributed by atoms with E-state index in [0.29, 0.717) is 23.2 Å². The Morgan fingerprint density at radius 2 is 2.29 bits per heavy atom. The molecule has 1 aromatic carbocycles. The summed E-state index contributed by atoms with van der Waals surface area (Å²) in [5, 5.41) is 9.65. The monoisotopic (exact) mass is 285 g/mol. The minimum absolute atomic E-state index is 0.0347. The van der Waals surface area contributed by atoms with Crippen molar-refractivity contribution in [3.8, 4) is 0 Å². The van der Waals surface area contributed by atoms with Crippen molar-refractivity contribution in [1.29, 1.82) is 0 Å². The molecule has 6 heteroatoms. The van der Waals surface area contributed by atoms with Gasteiger partial charge in [-0.25, -0.2) is 9.37 Å². The number of benzene rings is 1. The Kier molecular flexibility index (Phi) is 3.57. The average Bonchev–Trinajstić information content (AvgIpc) is 2.80. The van der Waals surface area contributed by atoms with Crippen molar-refractivity contribution in [2.75, 3.05) is 0 Å². The Hall–Kier alpha value is -2.05. The van der Waals surface area contributed by atoms with Gasteiger partial charge in [-0.15, -0.1) is 0 Å². The van der Waals surface area contributed by atoms with Crippen LogP contribution in [0.3, 0.4) is 0 Å². The van der Waals surface area contributed by atoms with E-state index in [1.807, 2.05) is 6.07 Å². The van der Waals surface area contributed by atoms with Gasteiger partial charge in [0.05, 0.1) is 6.61 Å². The van der Waals surface area contributed by atoms with Crippen LogP contribution in [0.4, 0.5) is 4.39 Å². The first-order valence-electron chi connectivity index (χ1n) is 6.61. The van der Waals surface area contributed by atoms with Crippen LogP contribution >= 0.6 is 0 Å². The predicted molar refractivity (Wildman–Crippen MR) is 75.8 cm³/mol. The normalized spacial score (nSPS) is 13.4. The lowest BCUT2D eigenvalue weighted by molar-refractivity contribution is 0.0984. The van der Waals surface area contributed by atoms with E-state index < -0.39 is 12.9 Å². The lowest BCUT2D eigenvalue weighted by atomic mass is 9.78. The highest BCUT2D eigenvalue weighted by atomic mass is 19.1. The molecule has 21 heavy (non-hydrogen) atoms. The van der Waals surface area contributed by atoms with Crippen LogP contribution in [0.2, 0.25) is 0 Å². The zero-order valence-corrected chi connectivity index (χ0v) is 11.5. The lowest BCUT2D eigenvalue weighted by Crippen LogP contribution is -2.28. The molecule has 3 rings (SSSR count). The summed E-state index contributed by atoms with van der Waals surface area (Å²) in [7, 11) is -0.954. The molecule has 0 saturated heterocycles. The van der Waals surface area contributed by atoms with Gasteiger partial charge in [-0.1, -0.05) is 18.2 Å². The molecule has 2 heterocycles. The van der Waals surface area contributed by atoms with Gasteiger partial charge in [-0.3, -0.25) is 4.79 Å². The van der Waals surface area contributed by atoms with Gasteiger partial charge >= 0.3 is 7.12 Å². The smallest absolute Gasteiger partial charge is 0.423 e. The van der Waals surface area contributed by atoms with Crippen molar-refractivity contribution in [2.24, 2.45) is 0 Å². The number of hydrogen-bond donors (Lipinski definition) is 1. The second-order valence-electron chi connectivity index (χ2n) is 5.14. The fraction of sp³-hybridized carbons (Fsp3) is 0.200. The van der Waals surface area contributed by atoms with Crippen LogP contribution in [0.15, 0.2) is 30.5 Å². The largest absolute Gasteiger partial charge is 0.491 e. The predicted octanol–water partition coefficient (Wildman–Crippen LogP) is 1.17. The number of halogens is 1. The molecule has 106 valence electrons. The summed E-state index contributed by atoms with van der Waals surface area (Å²) >= 11 is 0. The van der Waals surface area contributed by atoms with Crippen LogP contribution in [0.1, 0.15) is 27.2 Å². The number of fused-ring (bicyclic) bond motifs is 1. The fourth-order valence-corrected chi connectivity index (χ4v) is 2.38. The van der Waals surface area contributed by atoms with Crippen LogP contribution in [0.5, 0.6) is 0 Å². The number of nitrogens with zero attached hydrogens (tertiary/aromatic N) is 1. The third kappa shape index (κ3) is 2.72. The Balaban J connectivity index is 1.83. The summed E-state index contributed by atoms with van der Waals surface area (Å²) in [5.74, 6) is -0.995. The molecule has 0 amide bonds. The van der Waals surface area contributed by atoms with Crippen LogP contribution in [-0.4, -0.2) is 22.9 Å². The van der Waals surface area contributed by atoms with Crippen molar-refractivity contribution in [1.82, 2.24) is 4.98 Å². The highest BCUT2D eigenvalue weighted by molar-refractivity contribution is 6.61. The molecule has 0 bridgehead atoms. The number of hydrogen-bond acceptors (Lipinski definition) is 4. The number of pyridine rings is 1. The Labute approximate surface area is 121 Å². The number of aromatic nitrogens is 1. The Morgan fingerprint density at radius 1 is 1.48 bits per heavy atom. The maximum Gasteiger partial charge on any atom is 0.491 e. The van der Waals surface area contributed by atoms with Crippen molar-refractivity contribution in [3.05, 3.63) is 58.7 Å². The zero-order chi connectivity index (χ0) is 15.0. The van der Waals surface area contributed by atoms with Crippen LogP contribution in [0, 0.1) is 12.7 Å². The summed E-state index contributed by atoms with van der Waals surface area (Å²) in [6.45, 7) is 2.07. The van der Waals surface area contributed by atoms with E-state index in [-0.39, 0.29) is 17.9 Å². The SMILES string of the molecule is Cc1cnc(C(=O)Cc2ccc3c(c2)B(O)OC3)c(F)c1. The topological polar surface area (TPSA) is 59.4 Å². The Bertz CT molecular complexity index is 720. The standard InChI is InChI=1S/C15H13BFNO3/c1-9-4-13(17)15(18-7-9)14(19)6-10-2-3-11-8-21-16(20)12(11)5-10/h2-5,7,20H,6,8H2,1H3. The molecule has 1 aromatic heterocycles. The highest BCUT2D eigenvalue weighted by Crippen LogP contribution is 2.14. The summed E-state index contributed by atoms with van der Waals surface area (Å²) in [6.07, 6.45) is 1.50. The van der Waals surface area contributed by atoms with E-state index in [9.17, 15) is 14.2 Å². The first kappa shape index (κ1) is 13.9. The second kappa shape index (κ2) is 5.39. The number of rotatable bonds is 3. The molecule has 0 aliphatic carbocycles. The van der Waals surface area contributed by atoms with Gasteiger partial charge in [-0.2, -0.15) is 0 Å². The molecule has 0 spiro atoms. The van der Waals surface area contributed by atoms with Gasteiger partial charge in [0.25, 0.3) is 0 Å². The van der Waals surface area contributed by atoms with E-state index >= 15 is 0 Å². The van der Waals surface area contributed by atoms with Gasteiger partial charge in [0.2, 0.25) is 0 Å². The van der Waals surface area contributed by atoms with Gasteiger partial charge in [-0.05, 0) is 35.1 Å². The van der Waals surface area contributed by atoms with Crippen molar-refractivity contribution < 1.29 is 18.9 Å². The molecular weight excluding hydrogens is 272 g/mol. The fourth-order valence-electron chi connectivity index (χ4n) is 2.38. The van der Waals surface area contributed by atoms with Crippen molar-refractivity contribution in [3.63, 3.8) is 0 Å². The van der Waals surface area contributed by atoms with E-state index in [0.717, 1.165) is 5.56 Å². The van der Waals surface area contributed by atoms with E-state index in [1.165, 1.54) is 12.3 Å². The summed E-state index contributed by atoms with van der Waals surface area (Å²) < 4.78 is 18.8. The number of ketones is 1. The third-order valence-electron chi connectivity index (χ3n) is 3.48. The molecule has 0 saturated carbocycles. The summed E-state index contributed by atoms with van der Waals surface area (Å²) in [6, 6.07) is 6.61. The number of carbonyl (C=O) groups is 1. The number of carbonyl (C=O) groups excluding carboxylic acids is 1. The molecule has 0 unspecified atom stereocenters. The first-order chi connectivity index (χ1) is 10.0. The minimum Gasteiger partial charge on any atom is -0.423 e. The summed E-state index contributed by atoms with van der Waals surface area (Å²) in [4.78, 5) is 16.0. The quantitative estimate of drug-likeness (QED) is 0.679. The lowest BCUT2D eigenvalue weighted by Gasteiger charge is -2.05. The molecule has 1 aliphatic heterocycles. The molecule has 1 aliphatic rings. The summed E-state index contributed by atoms with van der Waals surface area (Å²) in [5.41, 5.74) is 2.78. The number of Topliss-reactive ketones (excluding diaryl/α,β-unsaturated/α-hetero) is 1. The number of aryl methyl sites for hydroxylation is 1. The van der Waals surface area contributed by atoms with Gasteiger partial charge in [0.15, 0.2) is 11.6 Å². The van der Waals surface area contributed by atoms with E-state index in [1.54, 1.807) is 19.1 Å². The minimum atomic E-state index is -0.954. The highest BCUT2D eigenvalue weighted by Gasteiger charge is 2.27. The van der Waals surface area contributed by atoms with Gasteiger partial charge in [0.1, 0.15) is 5.69 Å². The molecule has 0 atom stereocenters. The molecule has 2 aromatic rings. The first-order valence-corrected chi connectivity index (χ1v) is 6.61. The average molecular weight is 285 g/mol.